The molecule has 1 heterocycles. The summed E-state index contributed by atoms with van der Waals surface area (Å²) in [5, 5.41) is 5.73. The van der Waals surface area contributed by atoms with Crippen LogP contribution in [0.25, 0.3) is 10.9 Å². The maximum atomic E-state index is 5.22. The lowest BCUT2D eigenvalue weighted by atomic mass is 10.2. The summed E-state index contributed by atoms with van der Waals surface area (Å²) < 4.78 is 7.27. The average molecular weight is 221 g/mol. The molecule has 16 heavy (non-hydrogen) atoms. The van der Waals surface area contributed by atoms with Crippen LogP contribution in [-0.4, -0.2) is 16.9 Å². The minimum Gasteiger partial charge on any atom is -0.497 e. The van der Waals surface area contributed by atoms with Crippen molar-refractivity contribution in [2.24, 2.45) is 0 Å². The smallest absolute Gasteiger partial charge is 0.121 e. The van der Waals surface area contributed by atoms with Crippen LogP contribution in [-0.2, 0) is 6.54 Å². The van der Waals surface area contributed by atoms with Crippen LogP contribution in [0, 0.1) is 6.92 Å². The molecule has 0 radical (unpaired) electrons. The molecule has 0 saturated heterocycles. The lowest BCUT2D eigenvalue weighted by Gasteiger charge is -2.02. The Bertz CT molecular complexity index is 476. The maximum absolute atomic E-state index is 5.22. The molecule has 1 aromatic heterocycles. The van der Waals surface area contributed by atoms with Gasteiger partial charge in [-0.1, -0.05) is 6.92 Å². The summed E-state index contributed by atoms with van der Waals surface area (Å²) in [6, 6.07) is 6.10. The predicted octanol–water partition coefficient (Wildman–Crippen LogP) is 2.93. The van der Waals surface area contributed by atoms with Crippen LogP contribution in [0.15, 0.2) is 18.2 Å². The Hall–Kier alpha value is -1.55. The molecule has 0 bridgehead atoms. The first kappa shape index (κ1) is 12.5. The van der Waals surface area contributed by atoms with E-state index in [1.54, 1.807) is 7.11 Å². The van der Waals surface area contributed by atoms with E-state index in [1.165, 1.54) is 5.39 Å². The van der Waals surface area contributed by atoms with Gasteiger partial charge >= 0.3 is 0 Å². The Balaban J connectivity index is 0.00000128. The quantitative estimate of drug-likeness (QED) is 0.866. The van der Waals surface area contributed by atoms with Gasteiger partial charge in [0, 0.05) is 18.0 Å². The molecular weight excluding hydrogens is 202 g/mol. The molecule has 4 heteroatoms. The average Bonchev–Trinajstić information content (AvgIpc) is 2.56. The van der Waals surface area contributed by atoms with E-state index in [1.807, 2.05) is 23.7 Å². The number of hydrogen-bond donors (Lipinski definition) is 1. The van der Waals surface area contributed by atoms with Crippen molar-refractivity contribution in [2.45, 2.75) is 26.8 Å². The van der Waals surface area contributed by atoms with E-state index < -0.39 is 0 Å². The minimum absolute atomic E-state index is 0. The Kier molecular flexibility index (Phi) is 3.90. The number of ether oxygens (including phenoxy) is 1. The van der Waals surface area contributed by atoms with Gasteiger partial charge in [0.25, 0.3) is 0 Å². The fourth-order valence-electron chi connectivity index (χ4n) is 1.83. The van der Waals surface area contributed by atoms with Gasteiger partial charge in [-0.3, -0.25) is 4.68 Å². The van der Waals surface area contributed by atoms with Gasteiger partial charge in [-0.25, -0.2) is 0 Å². The number of aryl methyl sites for hydroxylation is 2. The molecule has 0 aliphatic rings. The minimum atomic E-state index is 0. The normalized spacial score (nSPS) is 10.2. The fourth-order valence-corrected chi connectivity index (χ4v) is 1.83. The van der Waals surface area contributed by atoms with E-state index >= 15 is 0 Å². The zero-order chi connectivity index (χ0) is 10.8. The molecule has 0 saturated carbocycles. The Morgan fingerprint density at radius 2 is 2.12 bits per heavy atom. The molecule has 0 spiro atoms. The first-order valence-corrected chi connectivity index (χ1v) is 5.27. The van der Waals surface area contributed by atoms with Crippen LogP contribution in [0.4, 0.5) is 0 Å². The van der Waals surface area contributed by atoms with E-state index in [9.17, 15) is 0 Å². The first-order chi connectivity index (χ1) is 7.26. The summed E-state index contributed by atoms with van der Waals surface area (Å²) in [5.74, 6) is 0.889. The molecule has 0 aliphatic carbocycles. The van der Waals surface area contributed by atoms with Crippen molar-refractivity contribution in [3.8, 4) is 5.75 Å². The van der Waals surface area contributed by atoms with E-state index in [0.717, 1.165) is 29.9 Å². The molecular formula is C12H19N3O. The monoisotopic (exact) mass is 221 g/mol. The van der Waals surface area contributed by atoms with Crippen molar-refractivity contribution in [2.75, 3.05) is 7.11 Å². The molecule has 4 nitrogen and oxygen atoms in total. The third-order valence-electron chi connectivity index (χ3n) is 2.58. The topological polar surface area (TPSA) is 62.0 Å². The molecule has 0 unspecified atom stereocenters. The van der Waals surface area contributed by atoms with Gasteiger partial charge in [0.2, 0.25) is 0 Å². The molecule has 0 atom stereocenters. The third-order valence-corrected chi connectivity index (χ3v) is 2.58. The Labute approximate surface area is 95.8 Å². The number of nitrogens with zero attached hydrogens (tertiary/aromatic N) is 2. The van der Waals surface area contributed by atoms with Crippen molar-refractivity contribution >= 4 is 10.9 Å². The molecule has 0 fully saturated rings. The predicted molar refractivity (Wildman–Crippen MR) is 66.3 cm³/mol. The van der Waals surface area contributed by atoms with Crippen molar-refractivity contribution in [1.82, 2.24) is 15.9 Å². The van der Waals surface area contributed by atoms with E-state index in [2.05, 4.69) is 18.1 Å². The summed E-state index contributed by atoms with van der Waals surface area (Å²) in [5.41, 5.74) is 2.25. The fraction of sp³-hybridized carbons (Fsp3) is 0.417. The molecule has 1 aromatic carbocycles. The van der Waals surface area contributed by atoms with Gasteiger partial charge < -0.3 is 10.9 Å². The number of aromatic nitrogens is 2. The number of fused-ring (bicyclic) bond motifs is 1. The van der Waals surface area contributed by atoms with Crippen molar-refractivity contribution in [3.05, 3.63) is 23.9 Å². The van der Waals surface area contributed by atoms with Gasteiger partial charge in [-0.15, -0.1) is 0 Å². The summed E-state index contributed by atoms with van der Waals surface area (Å²) in [4.78, 5) is 0. The number of benzene rings is 1. The van der Waals surface area contributed by atoms with Gasteiger partial charge in [0.15, 0.2) is 0 Å². The third kappa shape index (κ3) is 2.02. The standard InChI is InChI=1S/C12H16N2O.H3N/c1-4-7-14-12-8-10(15-3)5-6-11(12)9(2)13-14;/h5-6,8H,4,7H2,1-3H3;1H3. The summed E-state index contributed by atoms with van der Waals surface area (Å²) in [6.45, 7) is 5.15. The second-order valence-electron chi connectivity index (χ2n) is 3.69. The van der Waals surface area contributed by atoms with Crippen LogP contribution in [0.2, 0.25) is 0 Å². The van der Waals surface area contributed by atoms with Gasteiger partial charge in [-0.05, 0) is 25.5 Å². The first-order valence-electron chi connectivity index (χ1n) is 5.27. The number of rotatable bonds is 3. The second-order valence-corrected chi connectivity index (χ2v) is 3.69. The highest BCUT2D eigenvalue weighted by Crippen LogP contribution is 2.23. The van der Waals surface area contributed by atoms with Crippen LogP contribution < -0.4 is 10.9 Å². The Morgan fingerprint density at radius 1 is 1.38 bits per heavy atom. The number of hydrogen-bond acceptors (Lipinski definition) is 3. The molecule has 2 rings (SSSR count). The molecule has 0 aliphatic heterocycles. The van der Waals surface area contributed by atoms with Crippen LogP contribution in [0.3, 0.4) is 0 Å². The molecule has 3 N–H and O–H groups in total. The number of methoxy groups -OCH3 is 1. The van der Waals surface area contributed by atoms with Crippen molar-refractivity contribution < 1.29 is 4.74 Å². The Morgan fingerprint density at radius 3 is 2.75 bits per heavy atom. The lowest BCUT2D eigenvalue weighted by Crippen LogP contribution is -1.98. The van der Waals surface area contributed by atoms with Crippen molar-refractivity contribution in [3.63, 3.8) is 0 Å². The van der Waals surface area contributed by atoms with Crippen molar-refractivity contribution in [1.29, 1.82) is 0 Å². The molecule has 2 aromatic rings. The van der Waals surface area contributed by atoms with E-state index in [0.29, 0.717) is 0 Å². The SMILES string of the molecule is CCCn1nc(C)c2ccc(OC)cc21.N. The lowest BCUT2D eigenvalue weighted by molar-refractivity contribution is 0.415. The zero-order valence-corrected chi connectivity index (χ0v) is 10.2. The van der Waals surface area contributed by atoms with Gasteiger partial charge in [0.1, 0.15) is 5.75 Å². The zero-order valence-electron chi connectivity index (χ0n) is 10.2. The van der Waals surface area contributed by atoms with Crippen LogP contribution in [0.5, 0.6) is 5.75 Å². The highest BCUT2D eigenvalue weighted by molar-refractivity contribution is 5.83. The molecule has 88 valence electrons. The van der Waals surface area contributed by atoms with Gasteiger partial charge in [-0.2, -0.15) is 5.10 Å². The summed E-state index contributed by atoms with van der Waals surface area (Å²) >= 11 is 0. The summed E-state index contributed by atoms with van der Waals surface area (Å²) in [6.07, 6.45) is 1.09. The molecule has 0 amide bonds. The van der Waals surface area contributed by atoms with Crippen LogP contribution in [0.1, 0.15) is 19.0 Å². The van der Waals surface area contributed by atoms with E-state index in [-0.39, 0.29) is 6.15 Å². The maximum Gasteiger partial charge on any atom is 0.121 e. The largest absolute Gasteiger partial charge is 0.497 e. The van der Waals surface area contributed by atoms with Gasteiger partial charge in [0.05, 0.1) is 18.3 Å². The summed E-state index contributed by atoms with van der Waals surface area (Å²) in [7, 11) is 1.69. The van der Waals surface area contributed by atoms with Crippen LogP contribution >= 0.6 is 0 Å². The highest BCUT2D eigenvalue weighted by Gasteiger charge is 2.07. The van der Waals surface area contributed by atoms with E-state index in [4.69, 9.17) is 4.74 Å². The highest BCUT2D eigenvalue weighted by atomic mass is 16.5. The second kappa shape index (κ2) is 4.99.